The maximum absolute atomic E-state index is 11.5. The molecule has 1 heterocycles. The van der Waals surface area contributed by atoms with Gasteiger partial charge in [-0.1, -0.05) is 26.7 Å². The average molecular weight is 266 g/mol. The Labute approximate surface area is 113 Å². The minimum atomic E-state index is -0.442. The summed E-state index contributed by atoms with van der Waals surface area (Å²) in [5, 5.41) is 3.30. The highest BCUT2D eigenvalue weighted by Gasteiger charge is 2.33. The van der Waals surface area contributed by atoms with Gasteiger partial charge in [-0.25, -0.2) is 4.79 Å². The molecule has 0 aromatic carbocycles. The molecule has 106 valence electrons. The second kappa shape index (κ2) is 5.63. The summed E-state index contributed by atoms with van der Waals surface area (Å²) >= 11 is 0. The lowest BCUT2D eigenvalue weighted by atomic mass is 9.73. The number of hydrogen-bond acceptors (Lipinski definition) is 5. The van der Waals surface area contributed by atoms with Gasteiger partial charge in [-0.05, 0) is 25.2 Å². The van der Waals surface area contributed by atoms with Crippen molar-refractivity contribution in [1.29, 1.82) is 0 Å². The molecule has 0 aliphatic heterocycles. The Morgan fingerprint density at radius 3 is 3.05 bits per heavy atom. The van der Waals surface area contributed by atoms with Gasteiger partial charge in [0.15, 0.2) is 5.69 Å². The second-order valence-corrected chi connectivity index (χ2v) is 5.69. The topological polar surface area (TPSA) is 64.4 Å². The van der Waals surface area contributed by atoms with Gasteiger partial charge in [0.1, 0.15) is 6.26 Å². The molecule has 1 aromatic rings. The first-order chi connectivity index (χ1) is 9.03. The summed E-state index contributed by atoms with van der Waals surface area (Å²) in [7, 11) is 0. The van der Waals surface area contributed by atoms with E-state index in [1.165, 1.54) is 25.5 Å². The summed E-state index contributed by atoms with van der Waals surface area (Å²) < 4.78 is 10.2. The summed E-state index contributed by atoms with van der Waals surface area (Å²) in [5.41, 5.74) is 0.439. The SMILES string of the molecule is CCOC(=O)c1coc(NC2CCCCC2(C)C)n1. The Morgan fingerprint density at radius 1 is 1.58 bits per heavy atom. The van der Waals surface area contributed by atoms with Gasteiger partial charge in [-0.2, -0.15) is 4.98 Å². The quantitative estimate of drug-likeness (QED) is 0.848. The normalized spacial score (nSPS) is 21.9. The lowest BCUT2D eigenvalue weighted by molar-refractivity contribution is 0.0519. The minimum absolute atomic E-state index is 0.219. The van der Waals surface area contributed by atoms with E-state index in [-0.39, 0.29) is 11.1 Å². The van der Waals surface area contributed by atoms with Crippen LogP contribution in [0.15, 0.2) is 10.7 Å². The monoisotopic (exact) mass is 266 g/mol. The van der Waals surface area contributed by atoms with Crippen molar-refractivity contribution < 1.29 is 13.9 Å². The first-order valence-electron chi connectivity index (χ1n) is 6.92. The maximum atomic E-state index is 11.5. The first-order valence-corrected chi connectivity index (χ1v) is 6.92. The van der Waals surface area contributed by atoms with E-state index in [4.69, 9.17) is 9.15 Å². The number of rotatable bonds is 4. The smallest absolute Gasteiger partial charge is 0.360 e. The molecule has 2 rings (SSSR count). The highest BCUT2D eigenvalue weighted by molar-refractivity contribution is 5.87. The summed E-state index contributed by atoms with van der Waals surface area (Å²) in [6.45, 7) is 6.60. The number of ether oxygens (including phenoxy) is 1. The number of carbonyl (C=O) groups excluding carboxylic acids is 1. The lowest BCUT2D eigenvalue weighted by Gasteiger charge is -2.38. The number of nitrogens with zero attached hydrogens (tertiary/aromatic N) is 1. The van der Waals surface area contributed by atoms with Gasteiger partial charge in [0.05, 0.1) is 6.61 Å². The van der Waals surface area contributed by atoms with Crippen molar-refractivity contribution in [3.05, 3.63) is 12.0 Å². The minimum Gasteiger partial charge on any atom is -0.461 e. The third-order valence-electron chi connectivity index (χ3n) is 3.79. The Balaban J connectivity index is 2.01. The largest absolute Gasteiger partial charge is 0.461 e. The van der Waals surface area contributed by atoms with Gasteiger partial charge in [-0.15, -0.1) is 0 Å². The molecule has 0 saturated heterocycles. The number of hydrogen-bond donors (Lipinski definition) is 1. The Bertz CT molecular complexity index is 440. The van der Waals surface area contributed by atoms with E-state index in [9.17, 15) is 4.79 Å². The molecule has 1 fully saturated rings. The second-order valence-electron chi connectivity index (χ2n) is 5.69. The van der Waals surface area contributed by atoms with E-state index in [1.54, 1.807) is 6.92 Å². The van der Waals surface area contributed by atoms with Crippen molar-refractivity contribution in [2.45, 2.75) is 52.5 Å². The van der Waals surface area contributed by atoms with Crippen molar-refractivity contribution in [3.63, 3.8) is 0 Å². The summed E-state index contributed by atoms with van der Waals surface area (Å²) in [5.74, 6) is -0.442. The van der Waals surface area contributed by atoms with Crippen LogP contribution in [0.2, 0.25) is 0 Å². The van der Waals surface area contributed by atoms with E-state index in [0.29, 0.717) is 18.7 Å². The number of carbonyl (C=O) groups is 1. The van der Waals surface area contributed by atoms with Crippen LogP contribution in [0, 0.1) is 5.41 Å². The van der Waals surface area contributed by atoms with Gasteiger partial charge in [0.25, 0.3) is 6.01 Å². The molecule has 1 aliphatic carbocycles. The Kier molecular flexibility index (Phi) is 4.12. The molecule has 1 atom stereocenters. The highest BCUT2D eigenvalue weighted by Crippen LogP contribution is 2.37. The fraction of sp³-hybridized carbons (Fsp3) is 0.714. The van der Waals surface area contributed by atoms with E-state index >= 15 is 0 Å². The third kappa shape index (κ3) is 3.28. The Morgan fingerprint density at radius 2 is 2.37 bits per heavy atom. The molecule has 19 heavy (non-hydrogen) atoms. The maximum Gasteiger partial charge on any atom is 0.360 e. The Hall–Kier alpha value is -1.52. The van der Waals surface area contributed by atoms with Crippen LogP contribution in [0.25, 0.3) is 0 Å². The molecular formula is C14H22N2O3. The molecule has 1 saturated carbocycles. The van der Waals surface area contributed by atoms with Crippen molar-refractivity contribution >= 4 is 12.0 Å². The summed E-state index contributed by atoms with van der Waals surface area (Å²) in [6.07, 6.45) is 6.12. The zero-order valence-electron chi connectivity index (χ0n) is 11.9. The fourth-order valence-electron chi connectivity index (χ4n) is 2.55. The number of oxazole rings is 1. The molecule has 1 N–H and O–H groups in total. The fourth-order valence-corrected chi connectivity index (χ4v) is 2.55. The number of aromatic nitrogens is 1. The van der Waals surface area contributed by atoms with Crippen LogP contribution in [-0.4, -0.2) is 23.6 Å². The van der Waals surface area contributed by atoms with E-state index in [0.717, 1.165) is 6.42 Å². The van der Waals surface area contributed by atoms with Gasteiger partial charge < -0.3 is 14.5 Å². The van der Waals surface area contributed by atoms with Crippen LogP contribution in [0.1, 0.15) is 56.9 Å². The number of nitrogens with one attached hydrogen (secondary N) is 1. The van der Waals surface area contributed by atoms with Crippen molar-refractivity contribution in [3.8, 4) is 0 Å². The zero-order valence-corrected chi connectivity index (χ0v) is 11.9. The highest BCUT2D eigenvalue weighted by atomic mass is 16.5. The van der Waals surface area contributed by atoms with Crippen LogP contribution in [-0.2, 0) is 4.74 Å². The molecule has 0 spiro atoms. The van der Waals surface area contributed by atoms with Gasteiger partial charge in [0, 0.05) is 6.04 Å². The lowest BCUT2D eigenvalue weighted by Crippen LogP contribution is -2.39. The molecule has 0 radical (unpaired) electrons. The van der Waals surface area contributed by atoms with E-state index in [1.807, 2.05) is 0 Å². The first kappa shape index (κ1) is 13.9. The van der Waals surface area contributed by atoms with Crippen LogP contribution in [0.5, 0.6) is 0 Å². The van der Waals surface area contributed by atoms with Crippen LogP contribution >= 0.6 is 0 Å². The van der Waals surface area contributed by atoms with Crippen LogP contribution in [0.3, 0.4) is 0 Å². The number of anilines is 1. The van der Waals surface area contributed by atoms with Gasteiger partial charge in [-0.3, -0.25) is 0 Å². The predicted molar refractivity (Wildman–Crippen MR) is 72.1 cm³/mol. The van der Waals surface area contributed by atoms with Crippen molar-refractivity contribution in [1.82, 2.24) is 4.98 Å². The van der Waals surface area contributed by atoms with E-state index in [2.05, 4.69) is 24.1 Å². The summed E-state index contributed by atoms with van der Waals surface area (Å²) in [4.78, 5) is 15.6. The van der Waals surface area contributed by atoms with Crippen molar-refractivity contribution in [2.24, 2.45) is 5.41 Å². The molecule has 1 aromatic heterocycles. The summed E-state index contributed by atoms with van der Waals surface area (Å²) in [6, 6.07) is 0.734. The number of esters is 1. The third-order valence-corrected chi connectivity index (χ3v) is 3.79. The van der Waals surface area contributed by atoms with Crippen molar-refractivity contribution in [2.75, 3.05) is 11.9 Å². The van der Waals surface area contributed by atoms with Gasteiger partial charge in [0.2, 0.25) is 0 Å². The molecule has 1 unspecified atom stereocenters. The average Bonchev–Trinajstić information content (AvgIpc) is 2.81. The van der Waals surface area contributed by atoms with Gasteiger partial charge >= 0.3 is 5.97 Å². The molecule has 5 heteroatoms. The van der Waals surface area contributed by atoms with E-state index < -0.39 is 5.97 Å². The molecule has 0 bridgehead atoms. The standard InChI is InChI=1S/C14H22N2O3/c1-4-18-12(17)10-9-19-13(15-10)16-11-7-5-6-8-14(11,2)3/h9,11H,4-8H2,1-3H3,(H,15,16). The molecule has 0 amide bonds. The molecule has 5 nitrogen and oxygen atoms in total. The zero-order chi connectivity index (χ0) is 13.9. The molecular weight excluding hydrogens is 244 g/mol. The van der Waals surface area contributed by atoms with Crippen LogP contribution in [0.4, 0.5) is 6.01 Å². The molecule has 1 aliphatic rings. The predicted octanol–water partition coefficient (Wildman–Crippen LogP) is 3.23. The van der Waals surface area contributed by atoms with Crippen LogP contribution < -0.4 is 5.32 Å².